The van der Waals surface area contributed by atoms with Crippen LogP contribution in [0.5, 0.6) is 0 Å². The van der Waals surface area contributed by atoms with E-state index in [1.807, 2.05) is 17.0 Å². The third kappa shape index (κ3) is 7.31. The molecule has 1 aliphatic heterocycles. The van der Waals surface area contributed by atoms with Crippen LogP contribution in [0.4, 0.5) is 13.2 Å². The molecule has 46 heavy (non-hydrogen) atoms. The minimum Gasteiger partial charge on any atom is -0.345 e. The molecule has 1 aliphatic carbocycles. The number of nitrogens with one attached hydrogen (secondary N) is 2. The highest BCUT2D eigenvalue weighted by atomic mass is 19.4. The Kier molecular flexibility index (Phi) is 9.38. The monoisotopic (exact) mass is 637 g/mol. The summed E-state index contributed by atoms with van der Waals surface area (Å²) in [5.74, 6) is 0.795. The van der Waals surface area contributed by atoms with Gasteiger partial charge in [-0.15, -0.1) is 10.2 Å². The lowest BCUT2D eigenvalue weighted by Crippen LogP contribution is -2.51. The fraction of sp³-hybridized carbons (Fsp3) is 0.529. The van der Waals surface area contributed by atoms with Crippen molar-refractivity contribution in [2.75, 3.05) is 0 Å². The topological polar surface area (TPSA) is 116 Å². The van der Waals surface area contributed by atoms with Gasteiger partial charge in [0.25, 0.3) is 11.8 Å². The van der Waals surface area contributed by atoms with Gasteiger partial charge in [0.2, 0.25) is 0 Å². The lowest BCUT2D eigenvalue weighted by Gasteiger charge is -2.46. The maximum absolute atomic E-state index is 14.5. The van der Waals surface area contributed by atoms with Gasteiger partial charge in [0.1, 0.15) is 11.4 Å². The number of hydrogen-bond donors (Lipinski definition) is 2. The van der Waals surface area contributed by atoms with Crippen LogP contribution >= 0.6 is 0 Å². The van der Waals surface area contributed by atoms with Gasteiger partial charge in [0.05, 0.1) is 18.2 Å². The number of halogens is 3. The van der Waals surface area contributed by atoms with Crippen LogP contribution in [0.1, 0.15) is 112 Å². The molecular formula is C34H42F3N7O2. The number of carbonyl (C=O) groups excluding carboxylic acids is 2. The highest BCUT2D eigenvalue weighted by Gasteiger charge is 2.52. The molecule has 3 aromatic rings. The number of carbonyl (C=O) groups is 2. The molecule has 1 unspecified atom stereocenters. The van der Waals surface area contributed by atoms with E-state index in [4.69, 9.17) is 4.99 Å². The van der Waals surface area contributed by atoms with Crippen molar-refractivity contribution in [3.63, 3.8) is 0 Å². The van der Waals surface area contributed by atoms with Crippen molar-refractivity contribution in [1.29, 1.82) is 0 Å². The van der Waals surface area contributed by atoms with E-state index in [-0.39, 0.29) is 35.5 Å². The lowest BCUT2D eigenvalue weighted by atomic mass is 9.75. The second kappa shape index (κ2) is 13.0. The van der Waals surface area contributed by atoms with E-state index in [0.717, 1.165) is 37.0 Å². The number of nitrogens with zero attached hydrogens (tertiary/aromatic N) is 5. The van der Waals surface area contributed by atoms with Gasteiger partial charge in [-0.2, -0.15) is 18.4 Å². The number of amides is 2. The first-order chi connectivity index (χ1) is 21.7. The van der Waals surface area contributed by atoms with Crippen molar-refractivity contribution in [3.8, 4) is 0 Å². The van der Waals surface area contributed by atoms with Gasteiger partial charge in [0, 0.05) is 11.1 Å². The van der Waals surface area contributed by atoms with Gasteiger partial charge in [-0.3, -0.25) is 14.6 Å². The van der Waals surface area contributed by atoms with Gasteiger partial charge in [-0.1, -0.05) is 64.1 Å². The first kappa shape index (κ1) is 33.3. The minimum absolute atomic E-state index is 0.0183. The molecule has 2 N–H and O–H groups in total. The number of tetrazole rings is 1. The Morgan fingerprint density at radius 3 is 2.24 bits per heavy atom. The Morgan fingerprint density at radius 2 is 1.70 bits per heavy atom. The normalized spacial score (nSPS) is 21.2. The number of aromatic nitrogens is 4. The fourth-order valence-corrected chi connectivity index (χ4v) is 6.56. The number of aliphatic imine (C=N–C) groups is 1. The standard InChI is InChI=1S/C34H42F3N7O2/c1-21(2)22-14-18-33(19-15-22)39-29(24-10-12-26(13-11-24)34(35,36)37)31(46)44(33)27(16-17-32(3,4)5)23-6-8-25(9-7-23)30(45)38-20-28-40-42-43-41-28/h6-13,21-22,27H,14-20H2,1-5H3,(H,38,45)(H,40,41,42,43). The largest absolute Gasteiger partial charge is 0.416 e. The molecular weight excluding hydrogens is 595 g/mol. The SMILES string of the molecule is CC(C)C1CCC2(CC1)N=C(c1ccc(C(F)(F)F)cc1)C(=O)N2C(CCC(C)(C)C)c1ccc(C(=O)NCc2nn[nH]n2)cc1. The number of rotatable bonds is 9. The van der Waals surface area contributed by atoms with Crippen LogP contribution in [0.15, 0.2) is 53.5 Å². The maximum atomic E-state index is 14.5. The van der Waals surface area contributed by atoms with E-state index in [2.05, 4.69) is 60.6 Å². The van der Waals surface area contributed by atoms with Crippen LogP contribution in [0, 0.1) is 17.3 Å². The van der Waals surface area contributed by atoms with Crippen LogP contribution in [0.3, 0.4) is 0 Å². The smallest absolute Gasteiger partial charge is 0.345 e. The number of H-pyrrole nitrogens is 1. The summed E-state index contributed by atoms with van der Waals surface area (Å²) < 4.78 is 40.0. The Morgan fingerprint density at radius 1 is 1.04 bits per heavy atom. The summed E-state index contributed by atoms with van der Waals surface area (Å²) in [6.07, 6.45) is 0.144. The summed E-state index contributed by atoms with van der Waals surface area (Å²) in [5.41, 5.74) is 0.323. The van der Waals surface area contributed by atoms with E-state index >= 15 is 0 Å². The Balaban J connectivity index is 1.49. The van der Waals surface area contributed by atoms with Crippen LogP contribution in [-0.4, -0.2) is 48.7 Å². The number of hydrogen-bond acceptors (Lipinski definition) is 6. The zero-order valence-corrected chi connectivity index (χ0v) is 27.0. The highest BCUT2D eigenvalue weighted by molar-refractivity contribution is 6.46. The van der Waals surface area contributed by atoms with Gasteiger partial charge in [-0.05, 0) is 85.6 Å². The number of benzene rings is 2. The van der Waals surface area contributed by atoms with Crippen molar-refractivity contribution >= 4 is 17.5 Å². The zero-order valence-electron chi connectivity index (χ0n) is 27.0. The highest BCUT2D eigenvalue weighted by Crippen LogP contribution is 2.48. The summed E-state index contributed by atoms with van der Waals surface area (Å²) >= 11 is 0. The molecule has 2 heterocycles. The molecule has 0 radical (unpaired) electrons. The summed E-state index contributed by atoms with van der Waals surface area (Å²) in [7, 11) is 0. The van der Waals surface area contributed by atoms with Crippen LogP contribution in [0.25, 0.3) is 0 Å². The summed E-state index contributed by atoms with van der Waals surface area (Å²) in [6.45, 7) is 11.0. The van der Waals surface area contributed by atoms with Crippen molar-refractivity contribution in [3.05, 3.63) is 76.6 Å². The van der Waals surface area contributed by atoms with Gasteiger partial charge in [-0.25, -0.2) is 0 Å². The third-order valence-electron chi connectivity index (χ3n) is 9.28. The molecule has 0 bridgehead atoms. The van der Waals surface area contributed by atoms with Crippen molar-refractivity contribution < 1.29 is 22.8 Å². The molecule has 2 aromatic carbocycles. The summed E-state index contributed by atoms with van der Waals surface area (Å²) in [4.78, 5) is 34.3. The molecule has 12 heteroatoms. The Labute approximate surface area is 267 Å². The molecule has 2 aliphatic rings. The predicted molar refractivity (Wildman–Crippen MR) is 168 cm³/mol. The van der Waals surface area contributed by atoms with Gasteiger partial charge in [0.15, 0.2) is 5.82 Å². The van der Waals surface area contributed by atoms with E-state index in [0.29, 0.717) is 48.0 Å². The molecule has 0 saturated heterocycles. The van der Waals surface area contributed by atoms with Gasteiger partial charge < -0.3 is 10.2 Å². The average Bonchev–Trinajstić information content (AvgIpc) is 3.62. The van der Waals surface area contributed by atoms with Crippen molar-refractivity contribution in [2.45, 2.75) is 97.6 Å². The quantitative estimate of drug-likeness (QED) is 0.265. The second-order valence-corrected chi connectivity index (χ2v) is 14.0. The van der Waals surface area contributed by atoms with Crippen LogP contribution in [0.2, 0.25) is 0 Å². The molecule has 1 atom stereocenters. The molecule has 1 fully saturated rings. The maximum Gasteiger partial charge on any atom is 0.416 e. The third-order valence-corrected chi connectivity index (χ3v) is 9.28. The average molecular weight is 638 g/mol. The molecule has 1 saturated carbocycles. The van der Waals surface area contributed by atoms with E-state index in [1.54, 1.807) is 12.1 Å². The number of alkyl halides is 3. The summed E-state index contributed by atoms with van der Waals surface area (Å²) in [5, 5.41) is 16.3. The minimum atomic E-state index is -4.48. The first-order valence-electron chi connectivity index (χ1n) is 15.9. The molecule has 9 nitrogen and oxygen atoms in total. The van der Waals surface area contributed by atoms with E-state index in [9.17, 15) is 22.8 Å². The molecule has 246 valence electrons. The van der Waals surface area contributed by atoms with E-state index in [1.165, 1.54) is 12.1 Å². The van der Waals surface area contributed by atoms with Crippen LogP contribution < -0.4 is 5.32 Å². The predicted octanol–water partition coefficient (Wildman–Crippen LogP) is 6.89. The first-order valence-corrected chi connectivity index (χ1v) is 15.9. The molecule has 2 amide bonds. The van der Waals surface area contributed by atoms with Gasteiger partial charge >= 0.3 is 6.18 Å². The molecule has 1 aromatic heterocycles. The van der Waals surface area contributed by atoms with Crippen LogP contribution in [-0.2, 0) is 17.5 Å². The molecule has 5 rings (SSSR count). The van der Waals surface area contributed by atoms with Crippen molar-refractivity contribution in [1.82, 2.24) is 30.8 Å². The Hall–Kier alpha value is -4.09. The fourth-order valence-electron chi connectivity index (χ4n) is 6.56. The Bertz CT molecular complexity index is 1540. The lowest BCUT2D eigenvalue weighted by molar-refractivity contribution is -0.137. The second-order valence-electron chi connectivity index (χ2n) is 14.0. The number of aromatic amines is 1. The van der Waals surface area contributed by atoms with Crippen molar-refractivity contribution in [2.24, 2.45) is 22.2 Å². The summed E-state index contributed by atoms with van der Waals surface area (Å²) in [6, 6.07) is 11.6. The zero-order chi connectivity index (χ0) is 33.3. The van der Waals surface area contributed by atoms with E-state index < -0.39 is 17.4 Å². The molecule has 1 spiro atoms.